The van der Waals surface area contributed by atoms with Crippen molar-refractivity contribution >= 4 is 0 Å². The fraction of sp³-hybridized carbons (Fsp3) is 0.0909. The summed E-state index contributed by atoms with van der Waals surface area (Å²) in [5, 5.41) is 7.26. The number of halogens is 3. The maximum Gasteiger partial charge on any atom is 0.416 e. The second kappa shape index (κ2) is 3.92. The van der Waals surface area contributed by atoms with Crippen LogP contribution in [0.25, 0.3) is 11.1 Å². The molecular weight excluding hydrogens is 217 g/mol. The van der Waals surface area contributed by atoms with Crippen LogP contribution >= 0.6 is 0 Å². The zero-order chi connectivity index (χ0) is 11.6. The van der Waals surface area contributed by atoms with E-state index in [1.807, 2.05) is 0 Å². The van der Waals surface area contributed by atoms with Gasteiger partial charge in [0.05, 0.1) is 18.0 Å². The number of nitrogens with zero attached hydrogens (tertiary/aromatic N) is 2. The number of hydrogen-bond acceptors (Lipinski definition) is 2. The summed E-state index contributed by atoms with van der Waals surface area (Å²) in [4.78, 5) is 0. The maximum atomic E-state index is 12.3. The third-order valence-corrected chi connectivity index (χ3v) is 2.13. The minimum absolute atomic E-state index is 0.654. The fourth-order valence-corrected chi connectivity index (χ4v) is 1.31. The molecule has 0 aliphatic heterocycles. The minimum atomic E-state index is -4.30. The molecule has 0 bridgehead atoms. The average molecular weight is 224 g/mol. The van der Waals surface area contributed by atoms with E-state index in [0.29, 0.717) is 5.56 Å². The SMILES string of the molecule is FC(F)(F)c1ccc(-c2ccnnc2)cc1. The van der Waals surface area contributed by atoms with Crippen LogP contribution in [-0.2, 0) is 6.18 Å². The van der Waals surface area contributed by atoms with E-state index < -0.39 is 11.7 Å². The molecule has 0 saturated heterocycles. The van der Waals surface area contributed by atoms with Crippen LogP contribution < -0.4 is 0 Å². The zero-order valence-corrected chi connectivity index (χ0v) is 8.07. The van der Waals surface area contributed by atoms with Crippen LogP contribution in [0.2, 0.25) is 0 Å². The van der Waals surface area contributed by atoms with E-state index in [9.17, 15) is 13.2 Å². The lowest BCUT2D eigenvalue weighted by molar-refractivity contribution is -0.137. The molecule has 2 nitrogen and oxygen atoms in total. The van der Waals surface area contributed by atoms with E-state index in [1.165, 1.54) is 24.5 Å². The first-order valence-electron chi connectivity index (χ1n) is 4.52. The van der Waals surface area contributed by atoms with Gasteiger partial charge in [-0.05, 0) is 23.8 Å². The third kappa shape index (κ3) is 2.18. The second-order valence-corrected chi connectivity index (χ2v) is 3.21. The quantitative estimate of drug-likeness (QED) is 0.743. The van der Waals surface area contributed by atoms with Gasteiger partial charge in [-0.3, -0.25) is 0 Å². The van der Waals surface area contributed by atoms with E-state index in [0.717, 1.165) is 17.7 Å². The summed E-state index contributed by atoms with van der Waals surface area (Å²) in [6.45, 7) is 0. The van der Waals surface area contributed by atoms with Gasteiger partial charge in [-0.15, -0.1) is 0 Å². The Labute approximate surface area is 89.8 Å². The largest absolute Gasteiger partial charge is 0.416 e. The normalized spacial score (nSPS) is 11.4. The highest BCUT2D eigenvalue weighted by atomic mass is 19.4. The molecule has 5 heteroatoms. The summed E-state index contributed by atoms with van der Waals surface area (Å²) in [5.41, 5.74) is 0.768. The van der Waals surface area contributed by atoms with Crippen molar-refractivity contribution in [1.82, 2.24) is 10.2 Å². The number of aromatic nitrogens is 2. The lowest BCUT2D eigenvalue weighted by Crippen LogP contribution is -2.03. The second-order valence-electron chi connectivity index (χ2n) is 3.21. The van der Waals surface area contributed by atoms with Gasteiger partial charge in [0.2, 0.25) is 0 Å². The van der Waals surface area contributed by atoms with Gasteiger partial charge in [0.15, 0.2) is 0 Å². The molecule has 0 fully saturated rings. The van der Waals surface area contributed by atoms with Crippen molar-refractivity contribution in [3.05, 3.63) is 48.3 Å². The van der Waals surface area contributed by atoms with Crippen molar-refractivity contribution in [3.8, 4) is 11.1 Å². The Hall–Kier alpha value is -1.91. The van der Waals surface area contributed by atoms with E-state index in [4.69, 9.17) is 0 Å². The molecule has 0 radical (unpaired) electrons. The van der Waals surface area contributed by atoms with Gasteiger partial charge >= 0.3 is 6.18 Å². The monoisotopic (exact) mass is 224 g/mol. The molecule has 0 saturated carbocycles. The molecule has 0 N–H and O–H groups in total. The van der Waals surface area contributed by atoms with Gasteiger partial charge in [-0.1, -0.05) is 12.1 Å². The Morgan fingerprint density at radius 3 is 2.00 bits per heavy atom. The lowest BCUT2D eigenvalue weighted by Gasteiger charge is -2.07. The molecular formula is C11H7F3N2. The number of alkyl halides is 3. The predicted octanol–water partition coefficient (Wildman–Crippen LogP) is 3.16. The average Bonchev–Trinajstić information content (AvgIpc) is 2.29. The van der Waals surface area contributed by atoms with Crippen molar-refractivity contribution in [2.75, 3.05) is 0 Å². The molecule has 0 aliphatic rings. The van der Waals surface area contributed by atoms with E-state index in [-0.39, 0.29) is 0 Å². The Bertz CT molecular complexity index is 463. The Balaban J connectivity index is 2.34. The molecule has 1 aromatic heterocycles. The summed E-state index contributed by atoms with van der Waals surface area (Å²) in [6, 6.07) is 6.63. The third-order valence-electron chi connectivity index (χ3n) is 2.13. The topological polar surface area (TPSA) is 25.8 Å². The van der Waals surface area contributed by atoms with Crippen LogP contribution in [0.15, 0.2) is 42.7 Å². The zero-order valence-electron chi connectivity index (χ0n) is 8.07. The molecule has 1 aromatic carbocycles. The molecule has 0 unspecified atom stereocenters. The van der Waals surface area contributed by atoms with Crippen LogP contribution in [0.5, 0.6) is 0 Å². The Morgan fingerprint density at radius 2 is 1.50 bits per heavy atom. The van der Waals surface area contributed by atoms with Crippen LogP contribution in [-0.4, -0.2) is 10.2 Å². The molecule has 16 heavy (non-hydrogen) atoms. The minimum Gasteiger partial charge on any atom is -0.166 e. The summed E-state index contributed by atoms with van der Waals surface area (Å²) in [5.74, 6) is 0. The first kappa shape index (κ1) is 10.6. The highest BCUT2D eigenvalue weighted by molar-refractivity contribution is 5.62. The molecule has 2 rings (SSSR count). The van der Waals surface area contributed by atoms with Crippen LogP contribution in [0.3, 0.4) is 0 Å². The van der Waals surface area contributed by atoms with E-state index in [2.05, 4.69) is 10.2 Å². The van der Waals surface area contributed by atoms with Gasteiger partial charge in [0, 0.05) is 5.56 Å². The van der Waals surface area contributed by atoms with Crippen molar-refractivity contribution in [2.45, 2.75) is 6.18 Å². The van der Waals surface area contributed by atoms with E-state index in [1.54, 1.807) is 6.07 Å². The lowest BCUT2D eigenvalue weighted by atomic mass is 10.1. The van der Waals surface area contributed by atoms with Crippen molar-refractivity contribution in [2.24, 2.45) is 0 Å². The fourth-order valence-electron chi connectivity index (χ4n) is 1.31. The molecule has 82 valence electrons. The van der Waals surface area contributed by atoms with Crippen molar-refractivity contribution in [3.63, 3.8) is 0 Å². The van der Waals surface area contributed by atoms with Gasteiger partial charge < -0.3 is 0 Å². The number of rotatable bonds is 1. The number of benzene rings is 1. The summed E-state index contributed by atoms with van der Waals surface area (Å²) >= 11 is 0. The molecule has 0 aliphatic carbocycles. The van der Waals surface area contributed by atoms with Gasteiger partial charge in [-0.2, -0.15) is 23.4 Å². The van der Waals surface area contributed by atoms with E-state index >= 15 is 0 Å². The molecule has 0 spiro atoms. The molecule has 2 aromatic rings. The highest BCUT2D eigenvalue weighted by Gasteiger charge is 2.29. The Morgan fingerprint density at radius 1 is 0.812 bits per heavy atom. The molecule has 0 amide bonds. The first-order chi connectivity index (χ1) is 7.57. The van der Waals surface area contributed by atoms with Gasteiger partial charge in [0.25, 0.3) is 0 Å². The van der Waals surface area contributed by atoms with Crippen LogP contribution in [0.4, 0.5) is 13.2 Å². The molecule has 1 heterocycles. The highest BCUT2D eigenvalue weighted by Crippen LogP contribution is 2.30. The Kier molecular flexibility index (Phi) is 2.60. The molecule has 0 atom stereocenters. The van der Waals surface area contributed by atoms with Gasteiger partial charge in [0.1, 0.15) is 0 Å². The van der Waals surface area contributed by atoms with Crippen LogP contribution in [0.1, 0.15) is 5.56 Å². The summed E-state index contributed by atoms with van der Waals surface area (Å²) in [6.07, 6.45) is -1.30. The number of hydrogen-bond donors (Lipinski definition) is 0. The summed E-state index contributed by atoms with van der Waals surface area (Å²) in [7, 11) is 0. The summed E-state index contributed by atoms with van der Waals surface area (Å²) < 4.78 is 36.9. The standard InChI is InChI=1S/C11H7F3N2/c12-11(13,14)10-3-1-8(2-4-10)9-5-6-15-16-7-9/h1-7H. The predicted molar refractivity (Wildman–Crippen MR) is 52.5 cm³/mol. The van der Waals surface area contributed by atoms with Gasteiger partial charge in [-0.25, -0.2) is 0 Å². The van der Waals surface area contributed by atoms with Crippen molar-refractivity contribution < 1.29 is 13.2 Å². The van der Waals surface area contributed by atoms with Crippen molar-refractivity contribution in [1.29, 1.82) is 0 Å². The smallest absolute Gasteiger partial charge is 0.166 e. The first-order valence-corrected chi connectivity index (χ1v) is 4.52. The maximum absolute atomic E-state index is 12.3. The van der Waals surface area contributed by atoms with Crippen LogP contribution in [0, 0.1) is 0 Å².